The zero-order chi connectivity index (χ0) is 27.9. The minimum Gasteiger partial charge on any atom is -0.352 e. The van der Waals surface area contributed by atoms with Gasteiger partial charge in [-0.2, -0.15) is 0 Å². The smallest absolute Gasteiger partial charge is 0.243 e. The third kappa shape index (κ3) is 8.25. The molecule has 0 spiro atoms. The molecule has 3 rings (SSSR count). The Morgan fingerprint density at radius 3 is 2.18 bits per heavy atom. The maximum Gasteiger partial charge on any atom is 0.243 e. The summed E-state index contributed by atoms with van der Waals surface area (Å²) in [6, 6.07) is 11.0. The number of amides is 2. The number of nitrogens with one attached hydrogen (secondary N) is 1. The van der Waals surface area contributed by atoms with Crippen LogP contribution in [0.1, 0.15) is 57.4 Å². The summed E-state index contributed by atoms with van der Waals surface area (Å²) in [7, 11) is -3.59. The van der Waals surface area contributed by atoms with E-state index in [1.165, 1.54) is 9.21 Å². The van der Waals surface area contributed by atoms with Crippen LogP contribution in [0.15, 0.2) is 42.5 Å². The normalized spacial score (nSPS) is 14.8. The van der Waals surface area contributed by atoms with Gasteiger partial charge in [0.2, 0.25) is 21.8 Å². The summed E-state index contributed by atoms with van der Waals surface area (Å²) in [5.41, 5.74) is 1.03. The molecule has 2 aromatic carbocycles. The standard InChI is InChI=1S/C27H34Cl3N3O4S/c1-3-25(27(35)31-20-8-4-5-9-20)32(18-22-23(29)10-6-11-24(22)30)26(34)12-7-17-33(38(2,36)37)21-15-13-19(28)14-16-21/h6,10-11,13-16,20,25H,3-5,7-9,12,17-18H2,1-2H3,(H,31,35)/t25-/m1/s1. The molecule has 0 unspecified atom stereocenters. The molecule has 0 aromatic heterocycles. The fourth-order valence-corrected chi connectivity index (χ4v) is 6.36. The Balaban J connectivity index is 1.79. The van der Waals surface area contributed by atoms with Crippen molar-refractivity contribution in [1.29, 1.82) is 0 Å². The second kappa shape index (κ2) is 13.9. The first-order chi connectivity index (χ1) is 18.0. The van der Waals surface area contributed by atoms with Crippen LogP contribution in [-0.4, -0.2) is 50.0 Å². The van der Waals surface area contributed by atoms with Crippen LogP contribution in [0.2, 0.25) is 15.1 Å². The molecule has 0 bridgehead atoms. The Morgan fingerprint density at radius 2 is 1.63 bits per heavy atom. The number of halogens is 3. The summed E-state index contributed by atoms with van der Waals surface area (Å²) < 4.78 is 26.2. The predicted octanol–water partition coefficient (Wildman–Crippen LogP) is 6.06. The minimum atomic E-state index is -3.59. The minimum absolute atomic E-state index is 0.0366. The van der Waals surface area contributed by atoms with E-state index in [0.29, 0.717) is 32.7 Å². The van der Waals surface area contributed by atoms with Gasteiger partial charge in [-0.25, -0.2) is 8.42 Å². The van der Waals surface area contributed by atoms with Crippen molar-refractivity contribution in [2.75, 3.05) is 17.1 Å². The van der Waals surface area contributed by atoms with E-state index in [1.807, 2.05) is 6.92 Å². The van der Waals surface area contributed by atoms with Crippen molar-refractivity contribution in [3.8, 4) is 0 Å². The summed E-state index contributed by atoms with van der Waals surface area (Å²) in [6.07, 6.45) is 5.82. The Labute approximate surface area is 240 Å². The van der Waals surface area contributed by atoms with E-state index >= 15 is 0 Å². The third-order valence-electron chi connectivity index (χ3n) is 6.74. The second-order valence-corrected chi connectivity index (χ2v) is 12.7. The van der Waals surface area contributed by atoms with Gasteiger partial charge in [0, 0.05) is 46.2 Å². The molecule has 0 radical (unpaired) electrons. The highest BCUT2D eigenvalue weighted by atomic mass is 35.5. The van der Waals surface area contributed by atoms with Crippen molar-refractivity contribution >= 4 is 62.3 Å². The van der Waals surface area contributed by atoms with Gasteiger partial charge in [0.1, 0.15) is 6.04 Å². The topological polar surface area (TPSA) is 86.8 Å². The molecule has 0 saturated heterocycles. The van der Waals surface area contributed by atoms with Crippen molar-refractivity contribution in [2.24, 2.45) is 0 Å². The highest BCUT2D eigenvalue weighted by Gasteiger charge is 2.31. The number of carbonyl (C=O) groups is 2. The van der Waals surface area contributed by atoms with E-state index in [9.17, 15) is 18.0 Å². The zero-order valence-corrected chi connectivity index (χ0v) is 24.7. The molecule has 1 fully saturated rings. The maximum absolute atomic E-state index is 13.6. The molecule has 7 nitrogen and oxygen atoms in total. The van der Waals surface area contributed by atoms with Crippen LogP contribution in [0.5, 0.6) is 0 Å². The summed E-state index contributed by atoms with van der Waals surface area (Å²) in [5, 5.41) is 4.42. The Morgan fingerprint density at radius 1 is 1.03 bits per heavy atom. The van der Waals surface area contributed by atoms with Gasteiger partial charge < -0.3 is 10.2 Å². The largest absolute Gasteiger partial charge is 0.352 e. The SMILES string of the molecule is CC[C@H](C(=O)NC1CCCC1)N(Cc1c(Cl)cccc1Cl)C(=O)CCCN(c1ccc(Cl)cc1)S(C)(=O)=O. The van der Waals surface area contributed by atoms with Crippen LogP contribution in [0.3, 0.4) is 0 Å². The number of carbonyl (C=O) groups excluding carboxylic acids is 2. The number of hydrogen-bond donors (Lipinski definition) is 1. The lowest BCUT2D eigenvalue weighted by Gasteiger charge is -2.32. The van der Waals surface area contributed by atoms with Crippen LogP contribution < -0.4 is 9.62 Å². The molecular formula is C27H34Cl3N3O4S. The summed E-state index contributed by atoms with van der Waals surface area (Å²) in [4.78, 5) is 28.4. The molecule has 1 aliphatic rings. The maximum atomic E-state index is 13.6. The molecule has 208 valence electrons. The monoisotopic (exact) mass is 601 g/mol. The van der Waals surface area contributed by atoms with Crippen molar-refractivity contribution in [2.45, 2.75) is 70.5 Å². The molecular weight excluding hydrogens is 569 g/mol. The fraction of sp³-hybridized carbons (Fsp3) is 0.481. The quantitative estimate of drug-likeness (QED) is 0.320. The first kappa shape index (κ1) is 30.5. The first-order valence-corrected chi connectivity index (χ1v) is 15.8. The van der Waals surface area contributed by atoms with Crippen LogP contribution in [0.4, 0.5) is 5.69 Å². The summed E-state index contributed by atoms with van der Waals surface area (Å²) in [6.45, 7) is 2.03. The summed E-state index contributed by atoms with van der Waals surface area (Å²) in [5.74, 6) is -0.478. The van der Waals surface area contributed by atoms with E-state index in [0.717, 1.165) is 31.9 Å². The zero-order valence-electron chi connectivity index (χ0n) is 21.6. The van der Waals surface area contributed by atoms with Crippen LogP contribution in [0, 0.1) is 0 Å². The van der Waals surface area contributed by atoms with Crippen molar-refractivity contribution in [3.05, 3.63) is 63.1 Å². The van der Waals surface area contributed by atoms with Gasteiger partial charge >= 0.3 is 0 Å². The second-order valence-electron chi connectivity index (χ2n) is 9.55. The molecule has 0 heterocycles. The lowest BCUT2D eigenvalue weighted by molar-refractivity contribution is -0.141. The van der Waals surface area contributed by atoms with Crippen LogP contribution in [-0.2, 0) is 26.2 Å². The fourth-order valence-electron chi connectivity index (χ4n) is 4.75. The Kier molecular flexibility index (Phi) is 11.2. The molecule has 1 saturated carbocycles. The highest BCUT2D eigenvalue weighted by molar-refractivity contribution is 7.92. The lowest BCUT2D eigenvalue weighted by atomic mass is 10.1. The molecule has 1 N–H and O–H groups in total. The number of benzene rings is 2. The molecule has 11 heteroatoms. The molecule has 2 amide bonds. The van der Waals surface area contributed by atoms with Gasteiger partial charge in [-0.3, -0.25) is 13.9 Å². The Bertz CT molecular complexity index is 1200. The predicted molar refractivity (Wildman–Crippen MR) is 154 cm³/mol. The number of hydrogen-bond acceptors (Lipinski definition) is 4. The van der Waals surface area contributed by atoms with E-state index < -0.39 is 16.1 Å². The van der Waals surface area contributed by atoms with Gasteiger partial charge in [-0.15, -0.1) is 0 Å². The number of anilines is 1. The van der Waals surface area contributed by atoms with E-state index in [1.54, 1.807) is 42.5 Å². The molecule has 38 heavy (non-hydrogen) atoms. The van der Waals surface area contributed by atoms with Gasteiger partial charge in [0.25, 0.3) is 0 Å². The molecule has 1 atom stereocenters. The number of sulfonamides is 1. The highest BCUT2D eigenvalue weighted by Crippen LogP contribution is 2.28. The molecule has 1 aliphatic carbocycles. The van der Waals surface area contributed by atoms with E-state index in [2.05, 4.69) is 5.32 Å². The van der Waals surface area contributed by atoms with Gasteiger partial charge in [-0.05, 0) is 62.1 Å². The van der Waals surface area contributed by atoms with Crippen molar-refractivity contribution in [3.63, 3.8) is 0 Å². The average Bonchev–Trinajstić information content (AvgIpc) is 3.36. The number of rotatable bonds is 12. The van der Waals surface area contributed by atoms with Crippen LogP contribution in [0.25, 0.3) is 0 Å². The first-order valence-electron chi connectivity index (χ1n) is 12.8. The van der Waals surface area contributed by atoms with E-state index in [4.69, 9.17) is 34.8 Å². The molecule has 0 aliphatic heterocycles. The van der Waals surface area contributed by atoms with Crippen molar-refractivity contribution in [1.82, 2.24) is 10.2 Å². The lowest BCUT2D eigenvalue weighted by Crippen LogP contribution is -2.51. The number of nitrogens with zero attached hydrogens (tertiary/aromatic N) is 2. The third-order valence-corrected chi connectivity index (χ3v) is 8.90. The summed E-state index contributed by atoms with van der Waals surface area (Å²) >= 11 is 18.8. The van der Waals surface area contributed by atoms with Crippen molar-refractivity contribution < 1.29 is 18.0 Å². The van der Waals surface area contributed by atoms with Gasteiger partial charge in [0.15, 0.2) is 0 Å². The Hall–Kier alpha value is -2.00. The average molecular weight is 603 g/mol. The van der Waals surface area contributed by atoms with Crippen LogP contribution >= 0.6 is 34.8 Å². The van der Waals surface area contributed by atoms with Gasteiger partial charge in [-0.1, -0.05) is 60.6 Å². The van der Waals surface area contributed by atoms with E-state index in [-0.39, 0.29) is 43.8 Å². The van der Waals surface area contributed by atoms with Gasteiger partial charge in [0.05, 0.1) is 11.9 Å². The molecule has 2 aromatic rings.